The number of halogens is 2. The number of imidazole rings is 1. The van der Waals surface area contributed by atoms with E-state index in [9.17, 15) is 14.7 Å². The first-order valence-corrected chi connectivity index (χ1v) is 13.3. The number of para-hydroxylation sites is 2. The number of carboxylic acids is 1. The Kier molecular flexibility index (Phi) is 7.68. The first kappa shape index (κ1) is 26.5. The number of H-pyrrole nitrogens is 1. The number of aromatic nitrogens is 2. The molecule has 8 heteroatoms. The smallest absolute Gasteiger partial charge is 0.336 e. The third kappa shape index (κ3) is 5.53. The lowest BCUT2D eigenvalue weighted by molar-refractivity contribution is 0.0697. The van der Waals surface area contributed by atoms with Crippen molar-refractivity contribution in [3.8, 4) is 22.5 Å². The van der Waals surface area contributed by atoms with E-state index in [1.54, 1.807) is 36.4 Å². The maximum atomic E-state index is 13.3. The summed E-state index contributed by atoms with van der Waals surface area (Å²) in [5, 5.41) is 14.2. The second-order valence-corrected chi connectivity index (χ2v) is 10.0. The number of carbonyl (C=O) groups is 2. The van der Waals surface area contributed by atoms with E-state index in [1.165, 1.54) is 6.07 Å². The molecule has 39 heavy (non-hydrogen) atoms. The zero-order valence-corrected chi connectivity index (χ0v) is 22.6. The topological polar surface area (TPSA) is 95.1 Å². The van der Waals surface area contributed by atoms with Crippen molar-refractivity contribution in [1.29, 1.82) is 0 Å². The van der Waals surface area contributed by atoms with Gasteiger partial charge in [-0.25, -0.2) is 9.78 Å². The van der Waals surface area contributed by atoms with E-state index >= 15 is 0 Å². The van der Waals surface area contributed by atoms with Gasteiger partial charge in [-0.15, -0.1) is 0 Å². The molecule has 0 saturated heterocycles. The molecule has 0 saturated carbocycles. The van der Waals surface area contributed by atoms with E-state index in [-0.39, 0.29) is 23.1 Å². The van der Waals surface area contributed by atoms with Crippen LogP contribution >= 0.6 is 23.2 Å². The number of hydrogen-bond acceptors (Lipinski definition) is 3. The van der Waals surface area contributed by atoms with Crippen molar-refractivity contribution in [2.45, 2.75) is 25.8 Å². The molecule has 6 nitrogen and oxygen atoms in total. The van der Waals surface area contributed by atoms with Crippen molar-refractivity contribution >= 4 is 46.1 Å². The number of hydrogen-bond donors (Lipinski definition) is 3. The Hall–Kier alpha value is -4.13. The van der Waals surface area contributed by atoms with Crippen LogP contribution in [0.2, 0.25) is 10.0 Å². The third-order valence-corrected chi connectivity index (χ3v) is 7.16. The molecule has 3 N–H and O–H groups in total. The fourth-order valence-electron chi connectivity index (χ4n) is 4.70. The molecule has 0 aliphatic heterocycles. The van der Waals surface area contributed by atoms with Crippen LogP contribution in [0.5, 0.6) is 0 Å². The molecule has 0 bridgehead atoms. The van der Waals surface area contributed by atoms with Crippen molar-refractivity contribution in [3.63, 3.8) is 0 Å². The summed E-state index contributed by atoms with van der Waals surface area (Å²) in [5.41, 5.74) is 4.34. The second kappa shape index (κ2) is 11.3. The number of aromatic carboxylic acids is 1. The number of amides is 1. The number of carboxylic acid groups (broad SMARTS) is 1. The molecule has 5 aromatic rings. The predicted octanol–water partition coefficient (Wildman–Crippen LogP) is 8.17. The molecule has 1 unspecified atom stereocenters. The zero-order valence-electron chi connectivity index (χ0n) is 21.0. The molecule has 0 spiro atoms. The minimum atomic E-state index is -1.17. The van der Waals surface area contributed by atoms with Gasteiger partial charge in [0.2, 0.25) is 0 Å². The van der Waals surface area contributed by atoms with E-state index in [0.717, 1.165) is 29.4 Å². The molecule has 0 fully saturated rings. The number of fused-ring (bicyclic) bond motifs is 1. The average Bonchev–Trinajstić information content (AvgIpc) is 3.37. The van der Waals surface area contributed by atoms with E-state index in [2.05, 4.69) is 15.3 Å². The van der Waals surface area contributed by atoms with E-state index < -0.39 is 5.97 Å². The Labute approximate surface area is 235 Å². The number of nitrogens with one attached hydrogen (secondary N) is 2. The van der Waals surface area contributed by atoms with Gasteiger partial charge in [0, 0.05) is 26.7 Å². The summed E-state index contributed by atoms with van der Waals surface area (Å²) in [6.07, 6.45) is 1.57. The Morgan fingerprint density at radius 3 is 2.44 bits per heavy atom. The molecule has 1 heterocycles. The molecule has 196 valence electrons. The van der Waals surface area contributed by atoms with Crippen molar-refractivity contribution in [2.75, 3.05) is 0 Å². The fourth-order valence-corrected chi connectivity index (χ4v) is 5.11. The van der Waals surface area contributed by atoms with E-state index in [4.69, 9.17) is 23.2 Å². The lowest BCUT2D eigenvalue weighted by atomic mass is 9.93. The lowest BCUT2D eigenvalue weighted by Gasteiger charge is -2.19. The summed E-state index contributed by atoms with van der Waals surface area (Å²) in [4.78, 5) is 33.7. The summed E-state index contributed by atoms with van der Waals surface area (Å²) >= 11 is 12.7. The maximum Gasteiger partial charge on any atom is 0.336 e. The van der Waals surface area contributed by atoms with Gasteiger partial charge in [0.05, 0.1) is 22.6 Å². The molecule has 1 amide bonds. The average molecular weight is 558 g/mol. The number of aromatic amines is 1. The Balaban J connectivity index is 1.54. The predicted molar refractivity (Wildman–Crippen MR) is 156 cm³/mol. The van der Waals surface area contributed by atoms with Crippen LogP contribution in [0.3, 0.4) is 0 Å². The van der Waals surface area contributed by atoms with Gasteiger partial charge >= 0.3 is 5.97 Å². The van der Waals surface area contributed by atoms with Crippen LogP contribution in [-0.2, 0) is 0 Å². The second-order valence-electron chi connectivity index (χ2n) is 9.20. The Morgan fingerprint density at radius 1 is 0.949 bits per heavy atom. The molecule has 1 aromatic heterocycles. The van der Waals surface area contributed by atoms with Gasteiger partial charge in [0.15, 0.2) is 0 Å². The highest BCUT2D eigenvalue weighted by atomic mass is 35.5. The van der Waals surface area contributed by atoms with Crippen LogP contribution in [0.25, 0.3) is 33.5 Å². The molecular formula is C31H25Cl2N3O3. The van der Waals surface area contributed by atoms with Crippen molar-refractivity contribution in [2.24, 2.45) is 0 Å². The van der Waals surface area contributed by atoms with Crippen LogP contribution in [0.15, 0.2) is 84.9 Å². The van der Waals surface area contributed by atoms with Crippen LogP contribution < -0.4 is 5.32 Å². The molecular weight excluding hydrogens is 533 g/mol. The summed E-state index contributed by atoms with van der Waals surface area (Å²) < 4.78 is 0. The molecule has 5 rings (SSSR count). The SMILES string of the molecule is CCCC(NC(=O)c1ccc(-c2c(Cl)cccc2-c2nc3ccccc3[nH]2)c(C(=O)O)c1)c1ccc(Cl)cc1. The largest absolute Gasteiger partial charge is 0.478 e. The quantitative estimate of drug-likeness (QED) is 0.179. The third-order valence-electron chi connectivity index (χ3n) is 6.59. The molecule has 0 radical (unpaired) electrons. The van der Waals surface area contributed by atoms with Crippen LogP contribution in [0, 0.1) is 0 Å². The van der Waals surface area contributed by atoms with Gasteiger partial charge in [0.25, 0.3) is 5.91 Å². The summed E-state index contributed by atoms with van der Waals surface area (Å²) in [6.45, 7) is 2.04. The Bertz CT molecular complexity index is 1650. The summed E-state index contributed by atoms with van der Waals surface area (Å²) in [5.74, 6) is -0.968. The van der Waals surface area contributed by atoms with Gasteiger partial charge in [-0.05, 0) is 60.0 Å². The highest BCUT2D eigenvalue weighted by Gasteiger charge is 2.23. The standard InChI is InChI=1S/C31H25Cl2N3O3/c1-2-6-25(18-11-14-20(32)15-12-18)36-30(37)19-13-16-21(23(17-19)31(38)39)28-22(7-5-8-24(28)33)29-34-26-9-3-4-10-27(26)35-29/h3-5,7-17,25H,2,6H2,1H3,(H,34,35)(H,36,37)(H,38,39). The van der Waals surface area contributed by atoms with Gasteiger partial charge < -0.3 is 15.4 Å². The number of rotatable bonds is 8. The van der Waals surface area contributed by atoms with Gasteiger partial charge in [-0.3, -0.25) is 4.79 Å². The normalized spacial score (nSPS) is 11.9. The van der Waals surface area contributed by atoms with E-state index in [0.29, 0.717) is 32.6 Å². The zero-order chi connectivity index (χ0) is 27.5. The maximum absolute atomic E-state index is 13.3. The van der Waals surface area contributed by atoms with Crippen molar-refractivity contribution in [1.82, 2.24) is 15.3 Å². The summed E-state index contributed by atoms with van der Waals surface area (Å²) in [6, 6.07) is 24.7. The number of nitrogens with zero attached hydrogens (tertiary/aromatic N) is 1. The lowest BCUT2D eigenvalue weighted by Crippen LogP contribution is -2.28. The minimum Gasteiger partial charge on any atom is -0.478 e. The van der Waals surface area contributed by atoms with Crippen LogP contribution in [-0.4, -0.2) is 27.0 Å². The summed E-state index contributed by atoms with van der Waals surface area (Å²) in [7, 11) is 0. The first-order chi connectivity index (χ1) is 18.9. The molecule has 0 aliphatic carbocycles. The molecule has 1 atom stereocenters. The minimum absolute atomic E-state index is 0.0355. The fraction of sp³-hybridized carbons (Fsp3) is 0.129. The molecule has 0 aliphatic rings. The van der Waals surface area contributed by atoms with Crippen LogP contribution in [0.1, 0.15) is 52.1 Å². The Morgan fingerprint density at radius 2 is 1.72 bits per heavy atom. The van der Waals surface area contributed by atoms with E-state index in [1.807, 2.05) is 49.4 Å². The van der Waals surface area contributed by atoms with Crippen molar-refractivity contribution < 1.29 is 14.7 Å². The van der Waals surface area contributed by atoms with Crippen molar-refractivity contribution in [3.05, 3.63) is 112 Å². The highest BCUT2D eigenvalue weighted by molar-refractivity contribution is 6.34. The van der Waals surface area contributed by atoms with Crippen LogP contribution in [0.4, 0.5) is 0 Å². The van der Waals surface area contributed by atoms with Gasteiger partial charge in [-0.2, -0.15) is 0 Å². The number of carbonyl (C=O) groups excluding carboxylic acids is 1. The van der Waals surface area contributed by atoms with Gasteiger partial charge in [0.1, 0.15) is 5.82 Å². The van der Waals surface area contributed by atoms with Gasteiger partial charge in [-0.1, -0.05) is 79.0 Å². The monoisotopic (exact) mass is 557 g/mol. The highest BCUT2D eigenvalue weighted by Crippen LogP contribution is 2.39. The first-order valence-electron chi connectivity index (χ1n) is 12.5. The number of benzene rings is 4. The molecule has 4 aromatic carbocycles.